The summed E-state index contributed by atoms with van der Waals surface area (Å²) in [4.78, 5) is 14.3. The fourth-order valence-electron chi connectivity index (χ4n) is 2.60. The van der Waals surface area contributed by atoms with E-state index >= 15 is 0 Å². The minimum atomic E-state index is -0.808. The molecule has 0 saturated heterocycles. The zero-order valence-corrected chi connectivity index (χ0v) is 14.2. The Labute approximate surface area is 138 Å². The molecule has 1 aliphatic rings. The van der Waals surface area contributed by atoms with Gasteiger partial charge in [0.25, 0.3) is 0 Å². The van der Waals surface area contributed by atoms with E-state index in [0.29, 0.717) is 6.54 Å². The summed E-state index contributed by atoms with van der Waals surface area (Å²) >= 11 is 0. The number of carbonyl (C=O) groups excluding carboxylic acids is 1. The molecule has 0 unspecified atom stereocenters. The van der Waals surface area contributed by atoms with Crippen LogP contribution in [0.1, 0.15) is 32.8 Å². The minimum absolute atomic E-state index is 0.0717. The lowest BCUT2D eigenvalue weighted by Crippen LogP contribution is -2.52. The lowest BCUT2D eigenvalue weighted by atomic mass is 9.90. The second-order valence-electron chi connectivity index (χ2n) is 6.60. The molecule has 1 aliphatic heterocycles. The van der Waals surface area contributed by atoms with Crippen molar-refractivity contribution in [3.05, 3.63) is 42.0 Å². The summed E-state index contributed by atoms with van der Waals surface area (Å²) in [7, 11) is 0. The van der Waals surface area contributed by atoms with E-state index in [4.69, 9.17) is 0 Å². The lowest BCUT2D eigenvalue weighted by Gasteiger charge is -2.30. The van der Waals surface area contributed by atoms with Gasteiger partial charge >= 0.3 is 0 Å². The molecule has 1 amide bonds. The summed E-state index contributed by atoms with van der Waals surface area (Å²) in [5.74, 6) is -0.0123. The van der Waals surface area contributed by atoms with Crippen LogP contribution in [0, 0.1) is 17.2 Å². The Kier molecular flexibility index (Phi) is 5.57. The van der Waals surface area contributed by atoms with E-state index in [0.717, 1.165) is 19.5 Å². The van der Waals surface area contributed by atoms with Crippen molar-refractivity contribution < 1.29 is 4.79 Å². The molecule has 122 valence electrons. The zero-order chi connectivity index (χ0) is 16.9. The SMILES string of the molecule is CC(C)[C@](C)(C#N)NC(=O)CN1CC=C(c2ccccc2)CC1. The number of nitrogens with one attached hydrogen (secondary N) is 1. The van der Waals surface area contributed by atoms with Crippen LogP contribution in [-0.4, -0.2) is 36.0 Å². The van der Waals surface area contributed by atoms with E-state index in [2.05, 4.69) is 34.5 Å². The van der Waals surface area contributed by atoms with Crippen molar-refractivity contribution in [2.45, 2.75) is 32.7 Å². The van der Waals surface area contributed by atoms with E-state index in [1.54, 1.807) is 6.92 Å². The highest BCUT2D eigenvalue weighted by Gasteiger charge is 2.30. The molecule has 0 bridgehead atoms. The van der Waals surface area contributed by atoms with Gasteiger partial charge in [-0.25, -0.2) is 0 Å². The normalized spacial score (nSPS) is 18.0. The van der Waals surface area contributed by atoms with Gasteiger partial charge in [0.15, 0.2) is 0 Å². The highest BCUT2D eigenvalue weighted by Crippen LogP contribution is 2.22. The first kappa shape index (κ1) is 17.2. The summed E-state index contributed by atoms with van der Waals surface area (Å²) < 4.78 is 0. The van der Waals surface area contributed by atoms with Crippen LogP contribution in [-0.2, 0) is 4.79 Å². The van der Waals surface area contributed by atoms with Gasteiger partial charge in [-0.05, 0) is 30.4 Å². The van der Waals surface area contributed by atoms with Gasteiger partial charge in [0.05, 0.1) is 12.6 Å². The van der Waals surface area contributed by atoms with Gasteiger partial charge in [0.2, 0.25) is 5.91 Å². The van der Waals surface area contributed by atoms with E-state index in [9.17, 15) is 10.1 Å². The maximum Gasteiger partial charge on any atom is 0.235 e. The Morgan fingerprint density at radius 3 is 2.61 bits per heavy atom. The number of hydrogen-bond donors (Lipinski definition) is 1. The van der Waals surface area contributed by atoms with Gasteiger partial charge in [-0.15, -0.1) is 0 Å². The molecule has 1 N–H and O–H groups in total. The fraction of sp³-hybridized carbons (Fsp3) is 0.474. The van der Waals surface area contributed by atoms with Gasteiger partial charge in [-0.3, -0.25) is 9.69 Å². The molecular formula is C19H25N3O. The molecule has 1 atom stereocenters. The molecule has 0 aromatic heterocycles. The molecule has 4 heteroatoms. The molecule has 23 heavy (non-hydrogen) atoms. The number of hydrogen-bond acceptors (Lipinski definition) is 3. The Morgan fingerprint density at radius 2 is 2.09 bits per heavy atom. The van der Waals surface area contributed by atoms with Crippen LogP contribution in [0.5, 0.6) is 0 Å². The first-order chi connectivity index (χ1) is 10.9. The van der Waals surface area contributed by atoms with E-state index < -0.39 is 5.54 Å². The Balaban J connectivity index is 1.90. The molecule has 0 saturated carbocycles. The molecule has 4 nitrogen and oxygen atoms in total. The van der Waals surface area contributed by atoms with Crippen LogP contribution in [0.25, 0.3) is 5.57 Å². The highest BCUT2D eigenvalue weighted by molar-refractivity contribution is 5.79. The third-order valence-corrected chi connectivity index (χ3v) is 4.59. The molecule has 0 spiro atoms. The van der Waals surface area contributed by atoms with E-state index in [1.807, 2.05) is 32.0 Å². The van der Waals surface area contributed by atoms with Crippen LogP contribution >= 0.6 is 0 Å². The number of nitrogens with zero attached hydrogens (tertiary/aromatic N) is 2. The number of amides is 1. The second-order valence-corrected chi connectivity index (χ2v) is 6.60. The third kappa shape index (κ3) is 4.43. The molecule has 1 aromatic carbocycles. The molecule has 1 aromatic rings. The molecule has 0 radical (unpaired) electrons. The lowest BCUT2D eigenvalue weighted by molar-refractivity contribution is -0.123. The summed E-state index contributed by atoms with van der Waals surface area (Å²) in [5, 5.41) is 12.2. The van der Waals surface area contributed by atoms with Crippen molar-refractivity contribution in [3.63, 3.8) is 0 Å². The summed E-state index contributed by atoms with van der Waals surface area (Å²) in [6.07, 6.45) is 3.13. The Morgan fingerprint density at radius 1 is 1.39 bits per heavy atom. The van der Waals surface area contributed by atoms with Gasteiger partial charge < -0.3 is 5.32 Å². The number of rotatable bonds is 5. The van der Waals surface area contributed by atoms with Crippen LogP contribution in [0.3, 0.4) is 0 Å². The fourth-order valence-corrected chi connectivity index (χ4v) is 2.60. The van der Waals surface area contributed by atoms with Gasteiger partial charge in [-0.1, -0.05) is 50.3 Å². The first-order valence-corrected chi connectivity index (χ1v) is 8.13. The van der Waals surface area contributed by atoms with E-state index in [1.165, 1.54) is 11.1 Å². The molecule has 2 rings (SSSR count). The maximum absolute atomic E-state index is 12.2. The van der Waals surface area contributed by atoms with Crippen LogP contribution in [0.15, 0.2) is 36.4 Å². The molecule has 0 fully saturated rings. The largest absolute Gasteiger partial charge is 0.337 e. The minimum Gasteiger partial charge on any atom is -0.337 e. The second kappa shape index (κ2) is 7.43. The van der Waals surface area contributed by atoms with Crippen molar-refractivity contribution in [1.29, 1.82) is 5.26 Å². The number of carbonyl (C=O) groups is 1. The van der Waals surface area contributed by atoms with Gasteiger partial charge in [-0.2, -0.15) is 5.26 Å². The predicted octanol–water partition coefficient (Wildman–Crippen LogP) is 2.83. The van der Waals surface area contributed by atoms with Crippen molar-refractivity contribution in [3.8, 4) is 6.07 Å². The average molecular weight is 311 g/mol. The zero-order valence-electron chi connectivity index (χ0n) is 14.2. The van der Waals surface area contributed by atoms with Crippen LogP contribution in [0.4, 0.5) is 0 Å². The maximum atomic E-state index is 12.2. The third-order valence-electron chi connectivity index (χ3n) is 4.59. The smallest absolute Gasteiger partial charge is 0.235 e. The van der Waals surface area contributed by atoms with Crippen molar-refractivity contribution in [1.82, 2.24) is 10.2 Å². The molecular weight excluding hydrogens is 286 g/mol. The molecule has 0 aliphatic carbocycles. The number of benzene rings is 1. The van der Waals surface area contributed by atoms with Crippen molar-refractivity contribution in [2.75, 3.05) is 19.6 Å². The monoisotopic (exact) mass is 311 g/mol. The van der Waals surface area contributed by atoms with Crippen LogP contribution in [0.2, 0.25) is 0 Å². The number of nitriles is 1. The highest BCUT2D eigenvalue weighted by atomic mass is 16.2. The standard InChI is InChI=1S/C19H25N3O/c1-15(2)19(3,14-20)21-18(23)13-22-11-9-17(10-12-22)16-7-5-4-6-8-16/h4-9,15H,10-13H2,1-3H3,(H,21,23)/t19-/m0/s1. The summed E-state index contributed by atoms with van der Waals surface area (Å²) in [5.41, 5.74) is 1.79. The van der Waals surface area contributed by atoms with E-state index in [-0.39, 0.29) is 11.8 Å². The first-order valence-electron chi connectivity index (χ1n) is 8.13. The summed E-state index contributed by atoms with van der Waals surface area (Å²) in [6.45, 7) is 7.63. The van der Waals surface area contributed by atoms with Crippen LogP contribution < -0.4 is 5.32 Å². The Bertz CT molecular complexity index is 615. The van der Waals surface area contributed by atoms with Crippen molar-refractivity contribution in [2.24, 2.45) is 5.92 Å². The molecule has 1 heterocycles. The van der Waals surface area contributed by atoms with Gasteiger partial charge in [0, 0.05) is 13.1 Å². The quantitative estimate of drug-likeness (QED) is 0.909. The van der Waals surface area contributed by atoms with Gasteiger partial charge in [0.1, 0.15) is 5.54 Å². The van der Waals surface area contributed by atoms with Crippen molar-refractivity contribution >= 4 is 11.5 Å². The summed E-state index contributed by atoms with van der Waals surface area (Å²) in [6, 6.07) is 12.6. The topological polar surface area (TPSA) is 56.1 Å². The Hall–Kier alpha value is -2.12. The predicted molar refractivity (Wildman–Crippen MR) is 92.5 cm³/mol. The average Bonchev–Trinajstić information content (AvgIpc) is 2.56.